The average molecular weight is 506 g/mol. The normalized spacial score (nSPS) is 12.0. The van der Waals surface area contributed by atoms with Gasteiger partial charge in [0.25, 0.3) is 5.91 Å². The van der Waals surface area contributed by atoms with E-state index in [4.69, 9.17) is 43.8 Å². The zero-order chi connectivity index (χ0) is 24.3. The Hall–Kier alpha value is -2.48. The number of halogens is 2. The molecule has 1 N–H and O–H groups in total. The molecule has 0 aliphatic carbocycles. The van der Waals surface area contributed by atoms with Crippen LogP contribution in [0, 0.1) is 24.2 Å². The van der Waals surface area contributed by atoms with Crippen LogP contribution in [0.15, 0.2) is 36.4 Å². The summed E-state index contributed by atoms with van der Waals surface area (Å²) in [6.07, 6.45) is 6.63. The number of benzene rings is 2. The molecular weight excluding hydrogens is 481 g/mol. The molecule has 2 aromatic carbocycles. The summed E-state index contributed by atoms with van der Waals surface area (Å²) in [5, 5.41) is 3.47. The largest absolute Gasteiger partial charge is 0.493 e. The van der Waals surface area contributed by atoms with Crippen LogP contribution in [-0.2, 0) is 20.9 Å². The first-order chi connectivity index (χ1) is 15.8. The van der Waals surface area contributed by atoms with Crippen LogP contribution in [0.4, 0.5) is 0 Å². The molecule has 0 radical (unpaired) electrons. The molecule has 0 saturated carbocycles. The van der Waals surface area contributed by atoms with E-state index in [-0.39, 0.29) is 18.2 Å². The Morgan fingerprint density at radius 2 is 1.91 bits per heavy atom. The smallest absolute Gasteiger partial charge is 0.267 e. The van der Waals surface area contributed by atoms with E-state index < -0.39 is 10.8 Å². The quantitative estimate of drug-likeness (QED) is 0.274. The second-order valence-corrected chi connectivity index (χ2v) is 8.20. The van der Waals surface area contributed by atoms with Gasteiger partial charge in [0.05, 0.1) is 17.2 Å². The Kier molecular flexibility index (Phi) is 10.8. The number of thiol groups is 1. The molecule has 2 rings (SSSR count). The lowest BCUT2D eigenvalue weighted by atomic mass is 10.1. The van der Waals surface area contributed by atoms with Crippen molar-refractivity contribution in [1.82, 2.24) is 5.32 Å². The first-order valence-corrected chi connectivity index (χ1v) is 11.3. The van der Waals surface area contributed by atoms with E-state index in [9.17, 15) is 4.79 Å². The number of terminal acetylenes is 1. The monoisotopic (exact) mass is 505 g/mol. The molecule has 0 saturated heterocycles. The number of carbonyl (C=O) groups is 1. The fourth-order valence-corrected chi connectivity index (χ4v) is 3.43. The van der Waals surface area contributed by atoms with Gasteiger partial charge in [0.1, 0.15) is 13.2 Å². The molecular formula is C25H25Cl2NO4S. The average Bonchev–Trinajstić information content (AvgIpc) is 2.82. The van der Waals surface area contributed by atoms with Crippen molar-refractivity contribution in [2.75, 3.05) is 26.9 Å². The minimum absolute atomic E-state index is 0.113. The second-order valence-electron chi connectivity index (χ2n) is 6.75. The van der Waals surface area contributed by atoms with Crippen molar-refractivity contribution < 1.29 is 19.0 Å². The standard InChI is InChI=1S/C25H25Cl2NO4S/c1-4-6-7-15-31-22-11-8-18(16-23(22)30-3)12-13-28-24(29)25(33,32-14-5-2)19-9-10-20(26)21(27)17-19/h2,8-11,16-17,33H,4,12-15H2,1,3H3,(H,28,29). The van der Waals surface area contributed by atoms with Crippen LogP contribution in [0.1, 0.15) is 24.5 Å². The lowest BCUT2D eigenvalue weighted by molar-refractivity contribution is -0.135. The summed E-state index contributed by atoms with van der Waals surface area (Å²) in [5.74, 6) is 8.95. The molecule has 5 nitrogen and oxygen atoms in total. The molecule has 1 amide bonds. The molecule has 0 aliphatic rings. The van der Waals surface area contributed by atoms with E-state index in [1.807, 2.05) is 25.1 Å². The Morgan fingerprint density at radius 1 is 1.12 bits per heavy atom. The highest BCUT2D eigenvalue weighted by Crippen LogP contribution is 2.34. The van der Waals surface area contributed by atoms with Gasteiger partial charge in [-0.1, -0.05) is 54.1 Å². The number of methoxy groups -OCH3 is 1. The fourth-order valence-electron chi connectivity index (χ4n) is 2.85. The van der Waals surface area contributed by atoms with Crippen molar-refractivity contribution in [2.24, 2.45) is 0 Å². The van der Waals surface area contributed by atoms with Gasteiger partial charge >= 0.3 is 0 Å². The fraction of sp³-hybridized carbons (Fsp3) is 0.320. The summed E-state index contributed by atoms with van der Waals surface area (Å²) in [4.78, 5) is 11.4. The molecule has 174 valence electrons. The Labute approximate surface area is 210 Å². The summed E-state index contributed by atoms with van der Waals surface area (Å²) >= 11 is 16.6. The Bertz CT molecular complexity index is 1070. The minimum atomic E-state index is -1.63. The van der Waals surface area contributed by atoms with Gasteiger partial charge in [0.15, 0.2) is 11.5 Å². The Balaban J connectivity index is 2.06. The highest BCUT2D eigenvalue weighted by atomic mass is 35.5. The SMILES string of the molecule is C#CCOC(S)(C(=O)NCCc1ccc(OCC#CCC)c(OC)c1)c1ccc(Cl)c(Cl)c1. The van der Waals surface area contributed by atoms with E-state index in [0.29, 0.717) is 35.1 Å². The van der Waals surface area contributed by atoms with Crippen LogP contribution in [0.3, 0.4) is 0 Å². The van der Waals surface area contributed by atoms with Gasteiger partial charge in [0, 0.05) is 18.5 Å². The van der Waals surface area contributed by atoms with E-state index in [1.54, 1.807) is 19.2 Å². The van der Waals surface area contributed by atoms with Crippen molar-refractivity contribution in [3.05, 3.63) is 57.6 Å². The van der Waals surface area contributed by atoms with Crippen molar-refractivity contribution in [3.63, 3.8) is 0 Å². The Morgan fingerprint density at radius 3 is 2.58 bits per heavy atom. The van der Waals surface area contributed by atoms with Gasteiger partial charge in [-0.15, -0.1) is 25.0 Å². The molecule has 0 aromatic heterocycles. The minimum Gasteiger partial charge on any atom is -0.493 e. The molecule has 1 atom stereocenters. The topological polar surface area (TPSA) is 56.8 Å². The highest BCUT2D eigenvalue weighted by molar-refractivity contribution is 7.82. The summed E-state index contributed by atoms with van der Waals surface area (Å²) in [6.45, 7) is 2.48. The lowest BCUT2D eigenvalue weighted by Crippen LogP contribution is -2.43. The summed E-state index contributed by atoms with van der Waals surface area (Å²) in [5.41, 5.74) is 1.37. The zero-order valence-corrected chi connectivity index (χ0v) is 20.8. The molecule has 33 heavy (non-hydrogen) atoms. The molecule has 0 heterocycles. The van der Waals surface area contributed by atoms with Crippen LogP contribution in [0.25, 0.3) is 0 Å². The molecule has 1 unspecified atom stereocenters. The number of hydrogen-bond acceptors (Lipinski definition) is 5. The van der Waals surface area contributed by atoms with Crippen LogP contribution >= 0.6 is 35.8 Å². The highest BCUT2D eigenvalue weighted by Gasteiger charge is 2.38. The zero-order valence-electron chi connectivity index (χ0n) is 18.4. The molecule has 0 aliphatic heterocycles. The number of amides is 1. The van der Waals surface area contributed by atoms with Gasteiger partial charge in [-0.2, -0.15) is 0 Å². The van der Waals surface area contributed by atoms with E-state index in [0.717, 1.165) is 12.0 Å². The third-order valence-electron chi connectivity index (χ3n) is 4.51. The van der Waals surface area contributed by atoms with Gasteiger partial charge < -0.3 is 19.5 Å². The predicted octanol–water partition coefficient (Wildman–Crippen LogP) is 4.89. The van der Waals surface area contributed by atoms with Crippen molar-refractivity contribution in [3.8, 4) is 35.7 Å². The van der Waals surface area contributed by atoms with E-state index in [2.05, 4.69) is 35.7 Å². The molecule has 0 bridgehead atoms. The van der Waals surface area contributed by atoms with Crippen LogP contribution in [0.5, 0.6) is 11.5 Å². The first kappa shape index (κ1) is 26.8. The van der Waals surface area contributed by atoms with E-state index in [1.165, 1.54) is 6.07 Å². The maximum absolute atomic E-state index is 13.0. The van der Waals surface area contributed by atoms with Gasteiger partial charge in [-0.3, -0.25) is 4.79 Å². The summed E-state index contributed by atoms with van der Waals surface area (Å²) in [7, 11) is 1.57. The predicted molar refractivity (Wildman–Crippen MR) is 135 cm³/mol. The third-order valence-corrected chi connectivity index (χ3v) is 5.84. The molecule has 2 aromatic rings. The van der Waals surface area contributed by atoms with Gasteiger partial charge in [0.2, 0.25) is 4.93 Å². The van der Waals surface area contributed by atoms with Crippen LogP contribution in [0.2, 0.25) is 10.0 Å². The number of hydrogen-bond donors (Lipinski definition) is 2. The van der Waals surface area contributed by atoms with Crippen molar-refractivity contribution in [1.29, 1.82) is 0 Å². The van der Waals surface area contributed by atoms with Gasteiger partial charge in [-0.05, 0) is 36.2 Å². The number of carbonyl (C=O) groups excluding carboxylic acids is 1. The van der Waals surface area contributed by atoms with Crippen LogP contribution < -0.4 is 14.8 Å². The number of rotatable bonds is 10. The molecule has 0 fully saturated rings. The maximum atomic E-state index is 13.0. The maximum Gasteiger partial charge on any atom is 0.267 e. The first-order valence-electron chi connectivity index (χ1n) is 10.1. The summed E-state index contributed by atoms with van der Waals surface area (Å²) in [6, 6.07) is 10.3. The lowest BCUT2D eigenvalue weighted by Gasteiger charge is -2.27. The third kappa shape index (κ3) is 7.52. The summed E-state index contributed by atoms with van der Waals surface area (Å²) < 4.78 is 16.7. The van der Waals surface area contributed by atoms with Gasteiger partial charge in [-0.25, -0.2) is 0 Å². The second kappa shape index (κ2) is 13.3. The molecule has 8 heteroatoms. The van der Waals surface area contributed by atoms with Crippen molar-refractivity contribution in [2.45, 2.75) is 24.7 Å². The molecule has 0 spiro atoms. The van der Waals surface area contributed by atoms with Crippen molar-refractivity contribution >= 4 is 41.7 Å². The number of nitrogens with one attached hydrogen (secondary N) is 1. The van der Waals surface area contributed by atoms with E-state index >= 15 is 0 Å². The number of ether oxygens (including phenoxy) is 3. The van der Waals surface area contributed by atoms with Crippen LogP contribution in [-0.4, -0.2) is 32.8 Å².